The fourth-order valence-electron chi connectivity index (χ4n) is 1.66. The quantitative estimate of drug-likeness (QED) is 0.733. The highest BCUT2D eigenvalue weighted by molar-refractivity contribution is 9.09. The van der Waals surface area contributed by atoms with Gasteiger partial charge in [0.15, 0.2) is 0 Å². The van der Waals surface area contributed by atoms with E-state index in [2.05, 4.69) is 34.5 Å². The molecule has 1 N–H and O–H groups in total. The monoisotopic (exact) mass is 297 g/mol. The van der Waals surface area contributed by atoms with Crippen LogP contribution in [0.25, 0.3) is 0 Å². The van der Waals surface area contributed by atoms with Gasteiger partial charge in [0.25, 0.3) is 0 Å². The van der Waals surface area contributed by atoms with Gasteiger partial charge in [-0.15, -0.1) is 0 Å². The lowest BCUT2D eigenvalue weighted by atomic mass is 10.00. The first-order chi connectivity index (χ1) is 7.01. The Morgan fingerprint density at radius 3 is 2.27 bits per heavy atom. The van der Waals surface area contributed by atoms with Crippen LogP contribution in [0.3, 0.4) is 0 Å². The van der Waals surface area contributed by atoms with E-state index in [1.54, 1.807) is 0 Å². The maximum absolute atomic E-state index is 11.6. The molecule has 1 saturated carbocycles. The van der Waals surface area contributed by atoms with Gasteiger partial charge >= 0.3 is 0 Å². The van der Waals surface area contributed by atoms with E-state index in [9.17, 15) is 8.42 Å². The van der Waals surface area contributed by atoms with E-state index in [-0.39, 0.29) is 10.1 Å². The van der Waals surface area contributed by atoms with Crippen molar-refractivity contribution in [1.82, 2.24) is 4.72 Å². The van der Waals surface area contributed by atoms with Crippen molar-refractivity contribution in [3.05, 3.63) is 0 Å². The fourth-order valence-corrected chi connectivity index (χ4v) is 4.19. The van der Waals surface area contributed by atoms with Gasteiger partial charge in [-0.2, -0.15) is 0 Å². The highest BCUT2D eigenvalue weighted by Gasteiger charge is 2.35. The Hall–Kier alpha value is 0.390. The average molecular weight is 298 g/mol. The van der Waals surface area contributed by atoms with Crippen LogP contribution in [0.1, 0.15) is 39.5 Å². The van der Waals surface area contributed by atoms with Crippen molar-refractivity contribution >= 4 is 26.0 Å². The van der Waals surface area contributed by atoms with Crippen molar-refractivity contribution in [2.45, 2.75) is 49.6 Å². The predicted molar refractivity (Wildman–Crippen MR) is 66.7 cm³/mol. The summed E-state index contributed by atoms with van der Waals surface area (Å²) in [6.45, 7) is 4.79. The molecule has 0 radical (unpaired) electrons. The summed E-state index contributed by atoms with van der Waals surface area (Å²) in [5.41, 5.74) is 0. The van der Waals surface area contributed by atoms with E-state index < -0.39 is 10.0 Å². The summed E-state index contributed by atoms with van der Waals surface area (Å²) in [5, 5.41) is -0.112. The lowest BCUT2D eigenvalue weighted by molar-refractivity contribution is 0.471. The zero-order valence-corrected chi connectivity index (χ0v) is 11.8. The molecule has 0 aliphatic heterocycles. The van der Waals surface area contributed by atoms with Gasteiger partial charge in [0, 0.05) is 11.4 Å². The number of hydrogen-bond acceptors (Lipinski definition) is 2. The minimum Gasteiger partial charge on any atom is -0.214 e. The molecule has 0 bridgehead atoms. The van der Waals surface area contributed by atoms with Gasteiger partial charge in [0.1, 0.15) is 0 Å². The maximum Gasteiger partial charge on any atom is 0.214 e. The number of hydrogen-bond donors (Lipinski definition) is 1. The number of nitrogens with one attached hydrogen (secondary N) is 1. The second-order valence-corrected chi connectivity index (χ2v) is 7.41. The van der Waals surface area contributed by atoms with Crippen molar-refractivity contribution in [3.63, 3.8) is 0 Å². The normalized spacial score (nSPS) is 19.5. The van der Waals surface area contributed by atoms with Crippen LogP contribution in [0.5, 0.6) is 0 Å². The molecule has 90 valence electrons. The summed E-state index contributed by atoms with van der Waals surface area (Å²) in [6, 6.07) is 0. The SMILES string of the molecule is CCC(CC)C(Br)CNS(=O)(=O)C1CC1. The van der Waals surface area contributed by atoms with Gasteiger partial charge in [-0.25, -0.2) is 13.1 Å². The van der Waals surface area contributed by atoms with Crippen molar-refractivity contribution in [3.8, 4) is 0 Å². The molecule has 5 heteroatoms. The van der Waals surface area contributed by atoms with Crippen LogP contribution in [0.15, 0.2) is 0 Å². The lowest BCUT2D eigenvalue weighted by Crippen LogP contribution is -2.34. The first-order valence-corrected chi connectivity index (χ1v) is 8.10. The highest BCUT2D eigenvalue weighted by Crippen LogP contribution is 2.28. The number of alkyl halides is 1. The van der Waals surface area contributed by atoms with Crippen LogP contribution in [0.2, 0.25) is 0 Å². The van der Waals surface area contributed by atoms with Gasteiger partial charge in [-0.05, 0) is 18.8 Å². The van der Waals surface area contributed by atoms with Crippen LogP contribution in [-0.4, -0.2) is 25.0 Å². The average Bonchev–Trinajstić information content (AvgIpc) is 3.00. The third kappa shape index (κ3) is 4.04. The Balaban J connectivity index is 2.35. The van der Waals surface area contributed by atoms with Crippen LogP contribution in [-0.2, 0) is 10.0 Å². The van der Waals surface area contributed by atoms with E-state index in [1.807, 2.05) is 0 Å². The number of rotatable bonds is 7. The molecule has 0 aromatic heterocycles. The maximum atomic E-state index is 11.6. The molecular formula is C10H20BrNO2S. The first kappa shape index (κ1) is 13.5. The van der Waals surface area contributed by atoms with E-state index in [1.165, 1.54) is 0 Å². The lowest BCUT2D eigenvalue weighted by Gasteiger charge is -2.19. The number of sulfonamides is 1. The van der Waals surface area contributed by atoms with Crippen molar-refractivity contribution in [1.29, 1.82) is 0 Å². The minimum atomic E-state index is -3.01. The predicted octanol–water partition coefficient (Wildman–Crippen LogP) is 2.27. The van der Waals surface area contributed by atoms with Crippen molar-refractivity contribution in [2.24, 2.45) is 5.92 Å². The van der Waals surface area contributed by atoms with Gasteiger partial charge < -0.3 is 0 Å². The number of halogens is 1. The Morgan fingerprint density at radius 1 is 1.33 bits per heavy atom. The van der Waals surface area contributed by atoms with Gasteiger partial charge in [0.2, 0.25) is 10.0 Å². The van der Waals surface area contributed by atoms with Crippen LogP contribution < -0.4 is 4.72 Å². The first-order valence-electron chi connectivity index (χ1n) is 5.63. The molecule has 0 spiro atoms. The van der Waals surface area contributed by atoms with Crippen molar-refractivity contribution < 1.29 is 8.42 Å². The summed E-state index contributed by atoms with van der Waals surface area (Å²) in [7, 11) is -3.01. The summed E-state index contributed by atoms with van der Waals surface area (Å²) >= 11 is 3.56. The molecule has 0 heterocycles. The smallest absolute Gasteiger partial charge is 0.214 e. The van der Waals surface area contributed by atoms with Gasteiger partial charge in [0.05, 0.1) is 5.25 Å². The largest absolute Gasteiger partial charge is 0.214 e. The molecular weight excluding hydrogens is 278 g/mol. The molecule has 15 heavy (non-hydrogen) atoms. The fraction of sp³-hybridized carbons (Fsp3) is 1.00. The van der Waals surface area contributed by atoms with E-state index in [4.69, 9.17) is 0 Å². The molecule has 3 nitrogen and oxygen atoms in total. The molecule has 1 rings (SSSR count). The van der Waals surface area contributed by atoms with Crippen LogP contribution in [0, 0.1) is 5.92 Å². The van der Waals surface area contributed by atoms with Gasteiger partial charge in [-0.1, -0.05) is 42.6 Å². The van der Waals surface area contributed by atoms with Crippen molar-refractivity contribution in [2.75, 3.05) is 6.54 Å². The Bertz CT molecular complexity index is 284. The van der Waals surface area contributed by atoms with Gasteiger partial charge in [-0.3, -0.25) is 0 Å². The van der Waals surface area contributed by atoms with E-state index in [0.29, 0.717) is 12.5 Å². The molecule has 0 saturated heterocycles. The Morgan fingerprint density at radius 2 is 1.87 bits per heavy atom. The second-order valence-electron chi connectivity index (χ2n) is 4.19. The third-order valence-electron chi connectivity index (χ3n) is 3.00. The van der Waals surface area contributed by atoms with Crippen LogP contribution in [0.4, 0.5) is 0 Å². The molecule has 0 aromatic carbocycles. The molecule has 1 atom stereocenters. The van der Waals surface area contributed by atoms with E-state index in [0.717, 1.165) is 25.7 Å². The molecule has 1 unspecified atom stereocenters. The third-order valence-corrected chi connectivity index (χ3v) is 5.99. The molecule has 1 aliphatic rings. The summed E-state index contributed by atoms with van der Waals surface area (Å²) < 4.78 is 25.8. The van der Waals surface area contributed by atoms with Crippen LogP contribution >= 0.6 is 15.9 Å². The Kier molecular flexibility index (Phi) is 5.06. The Labute approximate surface area is 101 Å². The molecule has 0 aromatic rings. The summed E-state index contributed by atoms with van der Waals surface area (Å²) in [5.74, 6) is 0.548. The zero-order valence-electron chi connectivity index (χ0n) is 9.37. The zero-order chi connectivity index (χ0) is 11.5. The highest BCUT2D eigenvalue weighted by atomic mass is 79.9. The van der Waals surface area contributed by atoms with E-state index >= 15 is 0 Å². The molecule has 1 fully saturated rings. The summed E-state index contributed by atoms with van der Waals surface area (Å²) in [6.07, 6.45) is 3.82. The minimum absolute atomic E-state index is 0.112. The standard InChI is InChI=1S/C10H20BrNO2S/c1-3-8(4-2)10(11)7-12-15(13,14)9-5-6-9/h8-10,12H,3-7H2,1-2H3. The molecule has 1 aliphatic carbocycles. The topological polar surface area (TPSA) is 46.2 Å². The molecule has 0 amide bonds. The second kappa shape index (κ2) is 5.64. The summed E-state index contributed by atoms with van der Waals surface area (Å²) in [4.78, 5) is 0.251.